The van der Waals surface area contributed by atoms with Crippen LogP contribution in [0.25, 0.3) is 0 Å². The Balaban J connectivity index is 1.60. The van der Waals surface area contributed by atoms with Crippen LogP contribution in [0.3, 0.4) is 0 Å². The Morgan fingerprint density at radius 2 is 1.50 bits per heavy atom. The van der Waals surface area contributed by atoms with Crippen molar-refractivity contribution >= 4 is 34.8 Å². The van der Waals surface area contributed by atoms with Gasteiger partial charge in [-0.3, -0.25) is 9.59 Å². The Bertz CT molecular complexity index is 804. The average Bonchev–Trinajstić information content (AvgIpc) is 3.35. The summed E-state index contributed by atoms with van der Waals surface area (Å²) in [5.74, 6) is -0.856. The van der Waals surface area contributed by atoms with Crippen molar-refractivity contribution in [2.45, 2.75) is 20.3 Å². The molecular formula is C19H19ClN2O2. The van der Waals surface area contributed by atoms with Crippen LogP contribution in [0.5, 0.6) is 0 Å². The van der Waals surface area contributed by atoms with Crippen molar-refractivity contribution in [2.75, 3.05) is 10.6 Å². The number of para-hydroxylation sites is 1. The summed E-state index contributed by atoms with van der Waals surface area (Å²) >= 11 is 6.04. The van der Waals surface area contributed by atoms with Gasteiger partial charge in [-0.1, -0.05) is 35.9 Å². The van der Waals surface area contributed by atoms with Gasteiger partial charge in [0, 0.05) is 5.69 Å². The Morgan fingerprint density at radius 3 is 2.17 bits per heavy atom. The average molecular weight is 343 g/mol. The largest absolute Gasteiger partial charge is 0.326 e. The molecule has 0 saturated heterocycles. The fourth-order valence-electron chi connectivity index (χ4n) is 2.67. The highest BCUT2D eigenvalue weighted by Gasteiger charge is 2.48. The predicted molar refractivity (Wildman–Crippen MR) is 96.2 cm³/mol. The van der Waals surface area contributed by atoms with E-state index in [-0.39, 0.29) is 23.7 Å². The highest BCUT2D eigenvalue weighted by atomic mass is 35.5. The second-order valence-corrected chi connectivity index (χ2v) is 6.56. The van der Waals surface area contributed by atoms with Crippen molar-refractivity contribution in [3.63, 3.8) is 0 Å². The number of nitrogens with one attached hydrogen (secondary N) is 2. The second kappa shape index (κ2) is 6.65. The first-order valence-corrected chi connectivity index (χ1v) is 8.27. The van der Waals surface area contributed by atoms with Crippen LogP contribution >= 0.6 is 11.6 Å². The number of aryl methyl sites for hydroxylation is 1. The summed E-state index contributed by atoms with van der Waals surface area (Å²) in [6, 6.07) is 12.9. The fourth-order valence-corrected chi connectivity index (χ4v) is 2.86. The topological polar surface area (TPSA) is 58.2 Å². The van der Waals surface area contributed by atoms with Gasteiger partial charge in [0.15, 0.2) is 0 Å². The Labute approximate surface area is 146 Å². The van der Waals surface area contributed by atoms with E-state index >= 15 is 0 Å². The molecule has 0 spiro atoms. The number of anilines is 2. The molecule has 0 bridgehead atoms. The molecule has 2 atom stereocenters. The number of carbonyl (C=O) groups excluding carboxylic acids is 2. The van der Waals surface area contributed by atoms with Crippen molar-refractivity contribution in [1.82, 2.24) is 0 Å². The molecule has 124 valence electrons. The van der Waals surface area contributed by atoms with Gasteiger partial charge in [-0.15, -0.1) is 0 Å². The van der Waals surface area contributed by atoms with E-state index in [9.17, 15) is 9.59 Å². The fraction of sp³-hybridized carbons (Fsp3) is 0.263. The lowest BCUT2D eigenvalue weighted by Crippen LogP contribution is -2.21. The maximum absolute atomic E-state index is 12.4. The maximum atomic E-state index is 12.4. The van der Waals surface area contributed by atoms with E-state index in [1.807, 2.05) is 32.0 Å². The SMILES string of the molecule is Cc1cccc(NC(=O)C2CC2C(=O)Nc2ccccc2Cl)c1C. The molecule has 1 saturated carbocycles. The van der Waals surface area contributed by atoms with E-state index in [2.05, 4.69) is 10.6 Å². The predicted octanol–water partition coefficient (Wildman–Crippen LogP) is 4.17. The van der Waals surface area contributed by atoms with Crippen molar-refractivity contribution in [2.24, 2.45) is 11.8 Å². The summed E-state index contributed by atoms with van der Waals surface area (Å²) in [6.45, 7) is 3.97. The van der Waals surface area contributed by atoms with Crippen LogP contribution in [0.2, 0.25) is 5.02 Å². The van der Waals surface area contributed by atoms with Crippen molar-refractivity contribution in [3.05, 3.63) is 58.6 Å². The Hall–Kier alpha value is -2.33. The third-order valence-corrected chi connectivity index (χ3v) is 4.79. The molecule has 0 heterocycles. The molecule has 0 radical (unpaired) electrons. The first-order valence-electron chi connectivity index (χ1n) is 7.90. The number of hydrogen-bond acceptors (Lipinski definition) is 2. The van der Waals surface area contributed by atoms with Crippen LogP contribution in [-0.4, -0.2) is 11.8 Å². The zero-order valence-corrected chi connectivity index (χ0v) is 14.4. The van der Waals surface area contributed by atoms with E-state index in [1.165, 1.54) is 0 Å². The first kappa shape index (κ1) is 16.5. The number of carbonyl (C=O) groups is 2. The molecule has 1 aliphatic carbocycles. The smallest absolute Gasteiger partial charge is 0.228 e. The third kappa shape index (κ3) is 3.44. The van der Waals surface area contributed by atoms with E-state index < -0.39 is 0 Å². The molecule has 2 amide bonds. The first-order chi connectivity index (χ1) is 11.5. The minimum Gasteiger partial charge on any atom is -0.326 e. The van der Waals surface area contributed by atoms with Crippen molar-refractivity contribution < 1.29 is 9.59 Å². The van der Waals surface area contributed by atoms with Crippen molar-refractivity contribution in [3.8, 4) is 0 Å². The number of rotatable bonds is 4. The summed E-state index contributed by atoms with van der Waals surface area (Å²) in [4.78, 5) is 24.6. The lowest BCUT2D eigenvalue weighted by atomic mass is 10.1. The molecule has 5 heteroatoms. The number of benzene rings is 2. The number of halogens is 1. The van der Waals surface area contributed by atoms with E-state index in [0.29, 0.717) is 17.1 Å². The van der Waals surface area contributed by atoms with Crippen LogP contribution in [0.4, 0.5) is 11.4 Å². The molecule has 0 aromatic heterocycles. The van der Waals surface area contributed by atoms with Gasteiger partial charge in [0.25, 0.3) is 0 Å². The zero-order valence-electron chi connectivity index (χ0n) is 13.6. The molecule has 1 aliphatic rings. The normalized spacial score (nSPS) is 18.8. The summed E-state index contributed by atoms with van der Waals surface area (Å²) in [6.07, 6.45) is 0.562. The van der Waals surface area contributed by atoms with Gasteiger partial charge >= 0.3 is 0 Å². The van der Waals surface area contributed by atoms with Gasteiger partial charge in [0.05, 0.1) is 22.5 Å². The van der Waals surface area contributed by atoms with Crippen LogP contribution in [0.1, 0.15) is 17.5 Å². The summed E-state index contributed by atoms with van der Waals surface area (Å²) in [7, 11) is 0. The van der Waals surface area contributed by atoms with Gasteiger partial charge in [-0.2, -0.15) is 0 Å². The van der Waals surface area contributed by atoms with Gasteiger partial charge in [-0.05, 0) is 49.6 Å². The Morgan fingerprint density at radius 1 is 0.917 bits per heavy atom. The monoisotopic (exact) mass is 342 g/mol. The molecule has 2 N–H and O–H groups in total. The molecule has 2 aromatic rings. The second-order valence-electron chi connectivity index (χ2n) is 6.15. The van der Waals surface area contributed by atoms with Gasteiger partial charge < -0.3 is 10.6 Å². The van der Waals surface area contributed by atoms with Gasteiger partial charge in [0.1, 0.15) is 0 Å². The van der Waals surface area contributed by atoms with E-state index in [0.717, 1.165) is 16.8 Å². The number of hydrogen-bond donors (Lipinski definition) is 2. The molecule has 2 aromatic carbocycles. The third-order valence-electron chi connectivity index (χ3n) is 4.46. The maximum Gasteiger partial charge on any atom is 0.228 e. The minimum absolute atomic E-state index is 0.108. The molecule has 3 rings (SSSR count). The molecule has 4 nitrogen and oxygen atoms in total. The highest BCUT2D eigenvalue weighted by Crippen LogP contribution is 2.40. The van der Waals surface area contributed by atoms with E-state index in [4.69, 9.17) is 11.6 Å². The van der Waals surface area contributed by atoms with E-state index in [1.54, 1.807) is 24.3 Å². The van der Waals surface area contributed by atoms with Crippen LogP contribution < -0.4 is 10.6 Å². The summed E-state index contributed by atoms with van der Waals surface area (Å²) in [5, 5.41) is 6.21. The van der Waals surface area contributed by atoms with Gasteiger partial charge in [-0.25, -0.2) is 0 Å². The molecule has 24 heavy (non-hydrogen) atoms. The van der Waals surface area contributed by atoms with Crippen LogP contribution in [0, 0.1) is 25.7 Å². The molecule has 2 unspecified atom stereocenters. The lowest BCUT2D eigenvalue weighted by Gasteiger charge is -2.10. The van der Waals surface area contributed by atoms with Crippen LogP contribution in [-0.2, 0) is 9.59 Å². The molecular weight excluding hydrogens is 324 g/mol. The van der Waals surface area contributed by atoms with Gasteiger partial charge in [0.2, 0.25) is 11.8 Å². The standard InChI is InChI=1S/C19H19ClN2O2/c1-11-6-5-9-16(12(11)2)21-18(23)13-10-14(13)19(24)22-17-8-4-3-7-15(17)20/h3-9,13-14H,10H2,1-2H3,(H,21,23)(H,22,24). The summed E-state index contributed by atoms with van der Waals surface area (Å²) in [5.41, 5.74) is 3.54. The minimum atomic E-state index is -0.300. The van der Waals surface area contributed by atoms with Crippen LogP contribution in [0.15, 0.2) is 42.5 Å². The molecule has 1 fully saturated rings. The lowest BCUT2D eigenvalue weighted by molar-refractivity contribution is -0.122. The zero-order chi connectivity index (χ0) is 17.3. The van der Waals surface area contributed by atoms with Crippen molar-refractivity contribution in [1.29, 1.82) is 0 Å². The quantitative estimate of drug-likeness (QED) is 0.876. The number of amides is 2. The molecule has 0 aliphatic heterocycles. The summed E-state index contributed by atoms with van der Waals surface area (Å²) < 4.78 is 0. The highest BCUT2D eigenvalue weighted by molar-refractivity contribution is 6.33. The Kier molecular flexibility index (Phi) is 4.58.